The number of rotatable bonds is 8. The van der Waals surface area contributed by atoms with E-state index in [0.29, 0.717) is 0 Å². The summed E-state index contributed by atoms with van der Waals surface area (Å²) in [5.41, 5.74) is 0.574. The predicted octanol–water partition coefficient (Wildman–Crippen LogP) is 3.03. The maximum absolute atomic E-state index is 14.9. The number of anilines is 3. The van der Waals surface area contributed by atoms with Crippen LogP contribution in [0.3, 0.4) is 0 Å². The Hall–Kier alpha value is -3.68. The second-order valence-electron chi connectivity index (χ2n) is 7.26. The molecular weight excluding hydrogens is 480 g/mol. The number of halogens is 4. The molecular formula is C20H20F4N6O3S. The van der Waals surface area contributed by atoms with Gasteiger partial charge in [-0.3, -0.25) is 4.79 Å². The van der Waals surface area contributed by atoms with E-state index in [9.17, 15) is 26.6 Å². The molecule has 9 nitrogen and oxygen atoms in total. The highest BCUT2D eigenvalue weighted by molar-refractivity contribution is 8.00. The molecule has 2 heterocycles. The molecule has 0 aliphatic heterocycles. The number of benzene rings is 1. The van der Waals surface area contributed by atoms with Crippen molar-refractivity contribution in [2.75, 3.05) is 22.8 Å². The molecule has 34 heavy (non-hydrogen) atoms. The van der Waals surface area contributed by atoms with Gasteiger partial charge in [0.05, 0.1) is 16.6 Å². The predicted molar refractivity (Wildman–Crippen MR) is 121 cm³/mol. The number of carbonyl (C=O) groups excluding carboxylic acids is 1. The van der Waals surface area contributed by atoms with Crippen LogP contribution in [0.1, 0.15) is 6.92 Å². The quantitative estimate of drug-likeness (QED) is 0.321. The first-order valence-corrected chi connectivity index (χ1v) is 11.7. The second kappa shape index (κ2) is 9.67. The summed E-state index contributed by atoms with van der Waals surface area (Å²) in [6.45, 7) is -0.246. The lowest BCUT2D eigenvalue weighted by atomic mass is 10.2. The number of pyridine rings is 1. The lowest BCUT2D eigenvalue weighted by molar-refractivity contribution is -0.142. The zero-order valence-electron chi connectivity index (χ0n) is 17.9. The number of hydrogen-bond donors (Lipinski definition) is 3. The Morgan fingerprint density at radius 2 is 2.00 bits per heavy atom. The number of ether oxygens (including phenoxy) is 1. The van der Waals surface area contributed by atoms with E-state index in [0.717, 1.165) is 6.07 Å². The summed E-state index contributed by atoms with van der Waals surface area (Å²) in [4.78, 5) is 24.0. The van der Waals surface area contributed by atoms with Crippen molar-refractivity contribution >= 4 is 49.6 Å². The van der Waals surface area contributed by atoms with E-state index < -0.39 is 40.3 Å². The van der Waals surface area contributed by atoms with Crippen LogP contribution < -0.4 is 20.1 Å². The maximum Gasteiger partial charge on any atom is 0.405 e. The Balaban J connectivity index is 1.86. The summed E-state index contributed by atoms with van der Waals surface area (Å²) in [6.07, 6.45) is -2.00. The highest BCUT2D eigenvalue weighted by Crippen LogP contribution is 2.31. The molecule has 0 fully saturated rings. The molecule has 0 aliphatic carbocycles. The van der Waals surface area contributed by atoms with Gasteiger partial charge in [0, 0.05) is 22.2 Å². The molecule has 1 unspecified atom stereocenters. The van der Waals surface area contributed by atoms with Gasteiger partial charge < -0.3 is 20.1 Å². The van der Waals surface area contributed by atoms with E-state index in [-0.39, 0.29) is 34.0 Å². The summed E-state index contributed by atoms with van der Waals surface area (Å²) in [6, 6.07) is 5.60. The Morgan fingerprint density at radius 3 is 2.68 bits per heavy atom. The van der Waals surface area contributed by atoms with Gasteiger partial charge >= 0.3 is 6.18 Å². The van der Waals surface area contributed by atoms with Crippen molar-refractivity contribution < 1.29 is 31.3 Å². The van der Waals surface area contributed by atoms with Crippen LogP contribution in [0.2, 0.25) is 0 Å². The molecule has 1 aromatic carbocycles. The summed E-state index contributed by atoms with van der Waals surface area (Å²) < 4.78 is 71.8. The van der Waals surface area contributed by atoms with Gasteiger partial charge in [-0.25, -0.2) is 23.6 Å². The number of aromatic nitrogens is 3. The maximum atomic E-state index is 14.9. The van der Waals surface area contributed by atoms with Crippen molar-refractivity contribution in [3.63, 3.8) is 0 Å². The number of alkyl halides is 3. The number of hydrogen-bond acceptors (Lipinski definition) is 7. The van der Waals surface area contributed by atoms with E-state index in [1.165, 1.54) is 43.9 Å². The fraction of sp³-hybridized carbons (Fsp3) is 0.250. The Bertz CT molecular complexity index is 1320. The van der Waals surface area contributed by atoms with E-state index in [2.05, 4.69) is 30.9 Å². The first-order chi connectivity index (χ1) is 15.8. The molecule has 2 aromatic heterocycles. The van der Waals surface area contributed by atoms with Crippen molar-refractivity contribution in [1.82, 2.24) is 20.3 Å². The fourth-order valence-electron chi connectivity index (χ4n) is 2.80. The summed E-state index contributed by atoms with van der Waals surface area (Å²) in [7, 11) is -2.65. The Kier molecular flexibility index (Phi) is 7.09. The Labute approximate surface area is 192 Å². The van der Waals surface area contributed by atoms with Gasteiger partial charge in [0.15, 0.2) is 6.10 Å². The molecule has 0 spiro atoms. The molecule has 1 amide bonds. The molecule has 3 N–H and O–H groups in total. The molecule has 0 radical (unpaired) electrons. The average molecular weight is 500 g/mol. The lowest BCUT2D eigenvalue weighted by Crippen LogP contribution is -2.41. The first kappa shape index (κ1) is 25.0. The summed E-state index contributed by atoms with van der Waals surface area (Å²) in [5, 5.41) is 4.58. The topological polar surface area (TPSA) is 118 Å². The van der Waals surface area contributed by atoms with Crippen LogP contribution in [0.5, 0.6) is 5.88 Å². The smallest absolute Gasteiger partial charge is 0.405 e. The zero-order valence-corrected chi connectivity index (χ0v) is 18.8. The minimum Gasteiger partial charge on any atom is -0.463 e. The van der Waals surface area contributed by atoms with E-state index >= 15 is 0 Å². The third-order valence-electron chi connectivity index (χ3n) is 4.17. The van der Waals surface area contributed by atoms with Crippen LogP contribution in [0.25, 0.3) is 10.9 Å². The van der Waals surface area contributed by atoms with Crippen LogP contribution in [0.15, 0.2) is 36.8 Å². The minimum absolute atomic E-state index is 0.00508. The molecule has 0 saturated carbocycles. The number of fused-ring (bicyclic) bond motifs is 1. The standard InChI is InChI=1S/C20H20F4N6O3S/c1-11(18(31)26-9-20(22,23)24)33-19-14(5-4-6-25-19)29-17-16-13(21)7-12(30-34(2,3)32)8-15(16)27-10-28-17/h4-8,10-11H,2,9H2,1,3H3,(H,26,31)(H,30,32)(H,27,28,29)/t11-,34?/m1/s1. The fourth-order valence-corrected chi connectivity index (χ4v) is 3.42. The van der Waals surface area contributed by atoms with Gasteiger partial charge in [-0.05, 0) is 37.1 Å². The van der Waals surface area contributed by atoms with Crippen LogP contribution in [-0.4, -0.2) is 56.0 Å². The van der Waals surface area contributed by atoms with Crippen LogP contribution in [0, 0.1) is 5.82 Å². The highest BCUT2D eigenvalue weighted by atomic mass is 32.2. The van der Waals surface area contributed by atoms with Crippen molar-refractivity contribution in [2.24, 2.45) is 0 Å². The summed E-state index contributed by atoms with van der Waals surface area (Å²) >= 11 is 0. The van der Waals surface area contributed by atoms with Crippen molar-refractivity contribution in [3.05, 3.63) is 42.6 Å². The van der Waals surface area contributed by atoms with Crippen molar-refractivity contribution in [2.45, 2.75) is 19.2 Å². The molecule has 0 saturated heterocycles. The second-order valence-corrected chi connectivity index (χ2v) is 9.47. The average Bonchev–Trinajstić information content (AvgIpc) is 2.71. The van der Waals surface area contributed by atoms with Gasteiger partial charge in [0.2, 0.25) is 5.88 Å². The zero-order chi connectivity index (χ0) is 25.1. The van der Waals surface area contributed by atoms with Crippen molar-refractivity contribution in [1.29, 1.82) is 0 Å². The molecule has 14 heteroatoms. The highest BCUT2D eigenvalue weighted by Gasteiger charge is 2.29. The van der Waals surface area contributed by atoms with Crippen LogP contribution in [0.4, 0.5) is 34.8 Å². The lowest BCUT2D eigenvalue weighted by Gasteiger charge is -2.18. The molecule has 3 rings (SSSR count). The van der Waals surface area contributed by atoms with Crippen LogP contribution >= 0.6 is 0 Å². The number of carbonyl (C=O) groups is 1. The van der Waals surface area contributed by atoms with Gasteiger partial charge in [-0.2, -0.15) is 13.2 Å². The molecule has 3 aromatic rings. The van der Waals surface area contributed by atoms with E-state index in [4.69, 9.17) is 4.74 Å². The normalized spacial score (nSPS) is 14.2. The third kappa shape index (κ3) is 6.66. The molecule has 182 valence electrons. The first-order valence-electron chi connectivity index (χ1n) is 9.60. The molecule has 0 bridgehead atoms. The number of amides is 1. The van der Waals surface area contributed by atoms with Gasteiger partial charge in [-0.15, -0.1) is 0 Å². The van der Waals surface area contributed by atoms with Crippen LogP contribution in [-0.2, 0) is 14.5 Å². The number of nitrogens with one attached hydrogen (secondary N) is 3. The Morgan fingerprint density at radius 1 is 1.26 bits per heavy atom. The van der Waals surface area contributed by atoms with E-state index in [1.54, 1.807) is 5.32 Å². The monoisotopic (exact) mass is 500 g/mol. The molecule has 0 aliphatic rings. The minimum atomic E-state index is -4.57. The van der Waals surface area contributed by atoms with E-state index in [1.807, 2.05) is 0 Å². The summed E-state index contributed by atoms with van der Waals surface area (Å²) in [5.74, 6) is 1.66. The van der Waals surface area contributed by atoms with Crippen molar-refractivity contribution in [3.8, 4) is 5.88 Å². The van der Waals surface area contributed by atoms with Gasteiger partial charge in [-0.1, -0.05) is 0 Å². The van der Waals surface area contributed by atoms with Gasteiger partial charge in [0.25, 0.3) is 5.91 Å². The third-order valence-corrected chi connectivity index (χ3v) is 4.84. The SMILES string of the molecule is C=S(C)(=O)Nc1cc(F)c2c(Nc3cccnc3O[C@H](C)C(=O)NCC(F)(F)F)ncnc2c1. The number of nitrogens with zero attached hydrogens (tertiary/aromatic N) is 3. The molecule has 2 atom stereocenters. The largest absolute Gasteiger partial charge is 0.463 e. The van der Waals surface area contributed by atoms with Gasteiger partial charge in [0.1, 0.15) is 30.2 Å².